The molecule has 1 spiro atoms. The molecule has 31 heavy (non-hydrogen) atoms. The fraction of sp³-hybridized carbons (Fsp3) is 0.500. The van der Waals surface area contributed by atoms with Gasteiger partial charge in [0, 0.05) is 36.3 Å². The number of hydrogen-bond acceptors (Lipinski definition) is 6. The summed E-state index contributed by atoms with van der Waals surface area (Å²) in [6.45, 7) is 3.46. The van der Waals surface area contributed by atoms with Crippen molar-refractivity contribution in [2.24, 2.45) is 22.6 Å². The minimum Gasteiger partial charge on any atom is -0.490 e. The Kier molecular flexibility index (Phi) is 4.42. The van der Waals surface area contributed by atoms with Crippen LogP contribution in [-0.4, -0.2) is 48.3 Å². The van der Waals surface area contributed by atoms with Crippen molar-refractivity contribution in [2.75, 3.05) is 26.2 Å². The number of hydrogen-bond donors (Lipinski definition) is 1. The van der Waals surface area contributed by atoms with Crippen LogP contribution in [0.2, 0.25) is 0 Å². The summed E-state index contributed by atoms with van der Waals surface area (Å²) in [5.41, 5.74) is 7.59. The highest BCUT2D eigenvalue weighted by Gasteiger charge is 2.55. The molecule has 1 unspecified atom stereocenters. The zero-order valence-corrected chi connectivity index (χ0v) is 17.5. The summed E-state index contributed by atoms with van der Waals surface area (Å²) in [5.74, 6) is 1.36. The Morgan fingerprint density at radius 2 is 2.13 bits per heavy atom. The Bertz CT molecular complexity index is 1040. The molecule has 2 N–H and O–H groups in total. The van der Waals surface area contributed by atoms with Crippen LogP contribution in [0.15, 0.2) is 41.5 Å². The van der Waals surface area contributed by atoms with Crippen molar-refractivity contribution < 1.29 is 13.9 Å². The van der Waals surface area contributed by atoms with Gasteiger partial charge in [-0.2, -0.15) is 4.39 Å². The molecule has 0 amide bonds. The Balaban J connectivity index is 1.39. The van der Waals surface area contributed by atoms with Gasteiger partial charge in [0.15, 0.2) is 0 Å². The fourth-order valence-electron chi connectivity index (χ4n) is 5.45. The van der Waals surface area contributed by atoms with Crippen LogP contribution in [0.3, 0.4) is 0 Å². The maximum atomic E-state index is 14.4. The van der Waals surface area contributed by atoms with E-state index in [1.807, 2.05) is 18.2 Å². The number of fused-ring (bicyclic) bond motifs is 4. The van der Waals surface area contributed by atoms with Crippen LogP contribution in [0.5, 0.6) is 5.75 Å². The zero-order chi connectivity index (χ0) is 21.0. The molecule has 6 nitrogen and oxygen atoms in total. The molecule has 1 saturated carbocycles. The Hall–Kier alpha value is -2.67. The average molecular weight is 423 g/mol. The Morgan fingerprint density at radius 1 is 1.23 bits per heavy atom. The molecule has 1 saturated heterocycles. The van der Waals surface area contributed by atoms with E-state index in [0.29, 0.717) is 12.2 Å². The molecule has 1 aromatic carbocycles. The molecule has 6 rings (SSSR count). The molecule has 3 aliphatic heterocycles. The van der Waals surface area contributed by atoms with Crippen molar-refractivity contribution in [3.8, 4) is 16.9 Å². The number of ether oxygens (including phenoxy) is 2. The van der Waals surface area contributed by atoms with E-state index in [-0.39, 0.29) is 18.0 Å². The summed E-state index contributed by atoms with van der Waals surface area (Å²) in [6, 6.07) is 9.51. The second-order valence-corrected chi connectivity index (χ2v) is 9.30. The predicted octanol–water partition coefficient (Wildman–Crippen LogP) is 3.31. The molecule has 1 aromatic heterocycles. The standard InChI is InChI=1S/C24H27FN4O2/c25-22-17(2-1-9-27-22)16-5-6-20-18(12-16)24(14-30-23(26)28-24)19-13-29(10-7-15-3-4-15)11-8-21(19)31-20/h1-2,5-6,9,12,15,19,21H,3-4,7-8,10-11,13-14H2,(H2,26,28)/t19-,21-,24?/m0/s1. The van der Waals surface area contributed by atoms with Crippen molar-refractivity contribution in [3.63, 3.8) is 0 Å². The molecular formula is C24H27FN4O2. The van der Waals surface area contributed by atoms with Gasteiger partial charge in [-0.15, -0.1) is 0 Å². The highest BCUT2D eigenvalue weighted by Crippen LogP contribution is 2.51. The van der Waals surface area contributed by atoms with Gasteiger partial charge in [-0.05, 0) is 55.1 Å². The van der Waals surface area contributed by atoms with E-state index < -0.39 is 11.5 Å². The van der Waals surface area contributed by atoms with Crippen molar-refractivity contribution in [3.05, 3.63) is 48.0 Å². The van der Waals surface area contributed by atoms with E-state index in [1.54, 1.807) is 12.1 Å². The lowest BCUT2D eigenvalue weighted by Crippen LogP contribution is -2.57. The molecule has 4 heterocycles. The number of amidine groups is 1. The highest BCUT2D eigenvalue weighted by atomic mass is 19.1. The van der Waals surface area contributed by atoms with Crippen LogP contribution in [0.25, 0.3) is 11.1 Å². The van der Waals surface area contributed by atoms with Crippen LogP contribution in [0, 0.1) is 17.8 Å². The molecule has 2 fully saturated rings. The van der Waals surface area contributed by atoms with E-state index in [1.165, 1.54) is 25.5 Å². The number of pyridine rings is 1. The van der Waals surface area contributed by atoms with Crippen LogP contribution in [-0.2, 0) is 10.3 Å². The largest absolute Gasteiger partial charge is 0.490 e. The number of halogens is 1. The smallest absolute Gasteiger partial charge is 0.283 e. The Morgan fingerprint density at radius 3 is 2.90 bits per heavy atom. The van der Waals surface area contributed by atoms with Gasteiger partial charge in [0.1, 0.15) is 24.0 Å². The second-order valence-electron chi connectivity index (χ2n) is 9.30. The third kappa shape index (κ3) is 3.26. The van der Waals surface area contributed by atoms with E-state index in [2.05, 4.69) is 9.88 Å². The first-order chi connectivity index (χ1) is 15.1. The van der Waals surface area contributed by atoms with Gasteiger partial charge < -0.3 is 20.1 Å². The zero-order valence-electron chi connectivity index (χ0n) is 17.5. The number of piperidine rings is 1. The second kappa shape index (κ2) is 7.19. The first-order valence-corrected chi connectivity index (χ1v) is 11.2. The minimum atomic E-state index is -0.602. The maximum Gasteiger partial charge on any atom is 0.283 e. The van der Waals surface area contributed by atoms with Crippen molar-refractivity contribution in [1.82, 2.24) is 9.88 Å². The summed E-state index contributed by atoms with van der Waals surface area (Å²) < 4.78 is 26.6. The third-order valence-electron chi connectivity index (χ3n) is 7.34. The summed E-state index contributed by atoms with van der Waals surface area (Å²) in [6.07, 6.45) is 6.52. The molecule has 162 valence electrons. The molecule has 0 radical (unpaired) electrons. The van der Waals surface area contributed by atoms with E-state index in [0.717, 1.165) is 48.8 Å². The number of nitrogens with two attached hydrogens (primary N) is 1. The Labute approximate surface area is 181 Å². The SMILES string of the molecule is NC1=NC2(CO1)c1cc(-c3cccnc3F)ccc1O[C@H]1CCN(CCC3CC3)C[C@@H]12. The van der Waals surface area contributed by atoms with Gasteiger partial charge in [0.2, 0.25) is 5.95 Å². The summed E-state index contributed by atoms with van der Waals surface area (Å²) in [7, 11) is 0. The van der Waals surface area contributed by atoms with E-state index in [4.69, 9.17) is 20.2 Å². The number of aliphatic imine (C=N–C) groups is 1. The number of nitrogens with zero attached hydrogens (tertiary/aromatic N) is 3. The van der Waals surface area contributed by atoms with Crippen molar-refractivity contribution in [2.45, 2.75) is 37.3 Å². The van der Waals surface area contributed by atoms with Crippen molar-refractivity contribution >= 4 is 6.02 Å². The molecule has 4 aliphatic rings. The number of aromatic nitrogens is 1. The van der Waals surface area contributed by atoms with Crippen LogP contribution in [0.4, 0.5) is 4.39 Å². The first kappa shape index (κ1) is 19.0. The topological polar surface area (TPSA) is 73.0 Å². The maximum absolute atomic E-state index is 14.4. The van der Waals surface area contributed by atoms with E-state index >= 15 is 0 Å². The third-order valence-corrected chi connectivity index (χ3v) is 7.34. The van der Waals surface area contributed by atoms with Gasteiger partial charge in [0.05, 0.1) is 0 Å². The van der Waals surface area contributed by atoms with E-state index in [9.17, 15) is 4.39 Å². The van der Waals surface area contributed by atoms with Crippen LogP contribution >= 0.6 is 0 Å². The molecule has 2 aromatic rings. The fourth-order valence-corrected chi connectivity index (χ4v) is 5.45. The lowest BCUT2D eigenvalue weighted by molar-refractivity contribution is -0.0238. The summed E-state index contributed by atoms with van der Waals surface area (Å²) in [4.78, 5) is 11.2. The first-order valence-electron chi connectivity index (χ1n) is 11.2. The lowest BCUT2D eigenvalue weighted by Gasteiger charge is -2.49. The molecular weight excluding hydrogens is 395 g/mol. The molecule has 7 heteroatoms. The lowest BCUT2D eigenvalue weighted by atomic mass is 9.71. The summed E-state index contributed by atoms with van der Waals surface area (Å²) >= 11 is 0. The number of benzene rings is 1. The highest BCUT2D eigenvalue weighted by molar-refractivity contribution is 5.75. The van der Waals surface area contributed by atoms with Crippen LogP contribution < -0.4 is 10.5 Å². The average Bonchev–Trinajstić information content (AvgIpc) is 3.54. The number of rotatable bonds is 4. The monoisotopic (exact) mass is 422 g/mol. The summed E-state index contributed by atoms with van der Waals surface area (Å²) in [5, 5.41) is 0. The van der Waals surface area contributed by atoms with Gasteiger partial charge in [0.25, 0.3) is 6.02 Å². The predicted molar refractivity (Wildman–Crippen MR) is 115 cm³/mol. The minimum absolute atomic E-state index is 0.0731. The molecule has 3 atom stereocenters. The molecule has 1 aliphatic carbocycles. The van der Waals surface area contributed by atoms with Crippen LogP contribution in [0.1, 0.15) is 31.2 Å². The quantitative estimate of drug-likeness (QED) is 0.766. The normalized spacial score (nSPS) is 29.6. The van der Waals surface area contributed by atoms with Crippen molar-refractivity contribution in [1.29, 1.82) is 0 Å². The number of likely N-dealkylation sites (tertiary alicyclic amines) is 1. The van der Waals surface area contributed by atoms with Gasteiger partial charge in [-0.1, -0.05) is 18.9 Å². The van der Waals surface area contributed by atoms with Gasteiger partial charge in [-0.25, -0.2) is 9.98 Å². The van der Waals surface area contributed by atoms with Gasteiger partial charge >= 0.3 is 0 Å². The van der Waals surface area contributed by atoms with Gasteiger partial charge in [-0.3, -0.25) is 0 Å². The molecule has 0 bridgehead atoms.